The summed E-state index contributed by atoms with van der Waals surface area (Å²) in [4.78, 5) is 23.6. The Morgan fingerprint density at radius 1 is 1.07 bits per heavy atom. The Hall–Kier alpha value is -3.10. The van der Waals surface area contributed by atoms with Gasteiger partial charge in [-0.25, -0.2) is 4.98 Å². The van der Waals surface area contributed by atoms with Crippen LogP contribution in [0.5, 0.6) is 5.75 Å². The van der Waals surface area contributed by atoms with Gasteiger partial charge in [0.2, 0.25) is 5.95 Å². The number of carboxylic acids is 1. The van der Waals surface area contributed by atoms with E-state index < -0.39 is 5.97 Å². The lowest BCUT2D eigenvalue weighted by molar-refractivity contribution is -0.134. The molecular formula is C17H13Cl2N5O3. The molecule has 0 bridgehead atoms. The zero-order chi connectivity index (χ0) is 19.4. The molecule has 8 nitrogen and oxygen atoms in total. The molecule has 3 aromatic rings. The van der Waals surface area contributed by atoms with Crippen molar-refractivity contribution in [3.05, 3.63) is 52.6 Å². The van der Waals surface area contributed by atoms with Crippen LogP contribution in [0.2, 0.25) is 10.0 Å². The molecule has 0 unspecified atom stereocenters. The van der Waals surface area contributed by atoms with Crippen LogP contribution in [-0.2, 0) is 4.79 Å². The van der Waals surface area contributed by atoms with Crippen LogP contribution in [0.1, 0.15) is 0 Å². The molecule has 27 heavy (non-hydrogen) atoms. The zero-order valence-electron chi connectivity index (χ0n) is 13.6. The first kappa shape index (κ1) is 18.7. The molecule has 138 valence electrons. The van der Waals surface area contributed by atoms with E-state index in [1.807, 2.05) is 0 Å². The van der Waals surface area contributed by atoms with E-state index in [1.54, 1.807) is 30.5 Å². The Morgan fingerprint density at radius 2 is 1.81 bits per heavy atom. The Balaban J connectivity index is 1.98. The van der Waals surface area contributed by atoms with Crippen molar-refractivity contribution < 1.29 is 15.0 Å². The van der Waals surface area contributed by atoms with Gasteiger partial charge in [0, 0.05) is 18.0 Å². The Kier molecular flexibility index (Phi) is 5.58. The number of aromatic hydroxyl groups is 1. The van der Waals surface area contributed by atoms with Crippen LogP contribution in [0, 0.1) is 0 Å². The number of phenolic OH excluding ortho intramolecular Hbond substituents is 1. The molecule has 0 spiro atoms. The number of halogens is 2. The molecule has 10 heteroatoms. The van der Waals surface area contributed by atoms with Crippen molar-refractivity contribution in [1.82, 2.24) is 15.0 Å². The average molecular weight is 406 g/mol. The highest BCUT2D eigenvalue weighted by atomic mass is 35.5. The maximum atomic E-state index is 10.8. The topological polar surface area (TPSA) is 120 Å². The number of phenols is 1. The monoisotopic (exact) mass is 405 g/mol. The number of rotatable bonds is 6. The first-order valence-corrected chi connectivity index (χ1v) is 8.39. The van der Waals surface area contributed by atoms with Gasteiger partial charge in [-0.15, -0.1) is 0 Å². The van der Waals surface area contributed by atoms with Crippen molar-refractivity contribution in [1.29, 1.82) is 0 Å². The van der Waals surface area contributed by atoms with E-state index in [4.69, 9.17) is 28.3 Å². The smallest absolute Gasteiger partial charge is 0.322 e. The van der Waals surface area contributed by atoms with Gasteiger partial charge in [-0.2, -0.15) is 4.98 Å². The van der Waals surface area contributed by atoms with Gasteiger partial charge in [0.25, 0.3) is 0 Å². The van der Waals surface area contributed by atoms with E-state index in [-0.39, 0.29) is 28.3 Å². The second-order valence-electron chi connectivity index (χ2n) is 5.34. The summed E-state index contributed by atoms with van der Waals surface area (Å²) >= 11 is 11.9. The minimum absolute atomic E-state index is 0.0771. The first-order valence-electron chi connectivity index (χ1n) is 7.63. The summed E-state index contributed by atoms with van der Waals surface area (Å²) in [5, 5.41) is 24.3. The highest BCUT2D eigenvalue weighted by Crippen LogP contribution is 2.35. The maximum Gasteiger partial charge on any atom is 0.322 e. The summed E-state index contributed by atoms with van der Waals surface area (Å²) in [7, 11) is 0. The third-order valence-electron chi connectivity index (χ3n) is 3.34. The predicted octanol–water partition coefficient (Wildman–Crippen LogP) is 3.79. The van der Waals surface area contributed by atoms with Gasteiger partial charge in [-0.1, -0.05) is 29.3 Å². The van der Waals surface area contributed by atoms with Crippen LogP contribution in [-0.4, -0.2) is 37.7 Å². The molecule has 4 N–H and O–H groups in total. The molecule has 3 rings (SSSR count). The summed E-state index contributed by atoms with van der Waals surface area (Å²) in [5.41, 5.74) is 1.55. The van der Waals surface area contributed by atoms with Crippen LogP contribution in [0.3, 0.4) is 0 Å². The SMILES string of the molecule is O=C(O)CNc1nc(Nc2cc(Cl)c(O)c(Cl)c2)cc(-c2ccccn2)n1. The summed E-state index contributed by atoms with van der Waals surface area (Å²) in [6.45, 7) is -0.345. The number of benzene rings is 1. The molecule has 0 aliphatic rings. The van der Waals surface area contributed by atoms with Crippen LogP contribution in [0.4, 0.5) is 17.5 Å². The normalized spacial score (nSPS) is 10.4. The zero-order valence-corrected chi connectivity index (χ0v) is 15.2. The third kappa shape index (κ3) is 4.75. The van der Waals surface area contributed by atoms with E-state index in [0.717, 1.165) is 0 Å². The van der Waals surface area contributed by atoms with E-state index in [1.165, 1.54) is 12.1 Å². The van der Waals surface area contributed by atoms with Gasteiger partial charge in [0.15, 0.2) is 5.75 Å². The number of nitrogens with zero attached hydrogens (tertiary/aromatic N) is 3. The number of hydrogen-bond donors (Lipinski definition) is 4. The second kappa shape index (κ2) is 8.07. The number of anilines is 3. The van der Waals surface area contributed by atoms with Crippen molar-refractivity contribution in [3.8, 4) is 17.1 Å². The summed E-state index contributed by atoms with van der Waals surface area (Å²) in [6.07, 6.45) is 1.62. The molecule has 0 aliphatic heterocycles. The largest absolute Gasteiger partial charge is 0.505 e. The Bertz CT molecular complexity index is 963. The van der Waals surface area contributed by atoms with Gasteiger partial charge < -0.3 is 20.8 Å². The fourth-order valence-corrected chi connectivity index (χ4v) is 2.66. The number of nitrogens with one attached hydrogen (secondary N) is 2. The molecule has 0 aliphatic carbocycles. The van der Waals surface area contributed by atoms with Gasteiger partial charge in [0.05, 0.1) is 21.4 Å². The van der Waals surface area contributed by atoms with Gasteiger partial charge >= 0.3 is 5.97 Å². The minimum atomic E-state index is -1.05. The highest BCUT2D eigenvalue weighted by Gasteiger charge is 2.11. The molecule has 0 atom stereocenters. The number of hydrogen-bond acceptors (Lipinski definition) is 7. The number of aromatic nitrogens is 3. The predicted molar refractivity (Wildman–Crippen MR) is 103 cm³/mol. The molecule has 0 radical (unpaired) electrons. The molecule has 2 heterocycles. The first-order chi connectivity index (χ1) is 12.9. The summed E-state index contributed by atoms with van der Waals surface area (Å²) in [6, 6.07) is 9.95. The highest BCUT2D eigenvalue weighted by molar-refractivity contribution is 6.37. The lowest BCUT2D eigenvalue weighted by Crippen LogP contribution is -2.15. The molecule has 0 fully saturated rings. The van der Waals surface area contributed by atoms with E-state index in [0.29, 0.717) is 22.9 Å². The standard InChI is InChI=1S/C17H13Cl2N5O3/c18-10-5-9(6-11(19)16(10)27)22-14-7-13(12-3-1-2-4-20-12)23-17(24-14)21-8-15(25)26/h1-7,27H,8H2,(H,25,26)(H2,21,22,23,24). The number of carbonyl (C=O) groups is 1. The number of aliphatic carboxylic acids is 1. The Morgan fingerprint density at radius 3 is 2.44 bits per heavy atom. The average Bonchev–Trinajstić information content (AvgIpc) is 2.65. The van der Waals surface area contributed by atoms with E-state index >= 15 is 0 Å². The minimum Gasteiger partial charge on any atom is -0.505 e. The van der Waals surface area contributed by atoms with Crippen molar-refractivity contribution in [2.24, 2.45) is 0 Å². The fourth-order valence-electron chi connectivity index (χ4n) is 2.18. The molecular weight excluding hydrogens is 393 g/mol. The van der Waals surface area contributed by atoms with Gasteiger partial charge in [-0.05, 0) is 24.3 Å². The molecule has 0 saturated heterocycles. The quantitative estimate of drug-likeness (QED) is 0.457. The van der Waals surface area contributed by atoms with E-state index in [2.05, 4.69) is 25.6 Å². The van der Waals surface area contributed by atoms with Crippen LogP contribution in [0.15, 0.2) is 42.6 Å². The molecule has 0 saturated carbocycles. The molecule has 0 amide bonds. The summed E-state index contributed by atoms with van der Waals surface area (Å²) < 4.78 is 0. The number of carboxylic acid groups (broad SMARTS) is 1. The maximum absolute atomic E-state index is 10.8. The lowest BCUT2D eigenvalue weighted by atomic mass is 10.2. The molecule has 1 aromatic carbocycles. The van der Waals surface area contributed by atoms with Gasteiger partial charge in [0.1, 0.15) is 12.4 Å². The van der Waals surface area contributed by atoms with Crippen LogP contribution >= 0.6 is 23.2 Å². The van der Waals surface area contributed by atoms with Crippen molar-refractivity contribution in [2.45, 2.75) is 0 Å². The lowest BCUT2D eigenvalue weighted by Gasteiger charge is -2.11. The number of pyridine rings is 1. The van der Waals surface area contributed by atoms with Crippen molar-refractivity contribution in [3.63, 3.8) is 0 Å². The van der Waals surface area contributed by atoms with E-state index in [9.17, 15) is 9.90 Å². The Labute approximate surface area is 163 Å². The van der Waals surface area contributed by atoms with Crippen molar-refractivity contribution >= 4 is 46.6 Å². The third-order valence-corrected chi connectivity index (χ3v) is 3.92. The summed E-state index contributed by atoms with van der Waals surface area (Å²) in [5.74, 6) is -0.798. The van der Waals surface area contributed by atoms with Crippen LogP contribution in [0.25, 0.3) is 11.4 Å². The molecule has 2 aromatic heterocycles. The van der Waals surface area contributed by atoms with Gasteiger partial charge in [-0.3, -0.25) is 9.78 Å². The van der Waals surface area contributed by atoms with Crippen LogP contribution < -0.4 is 10.6 Å². The van der Waals surface area contributed by atoms with Crippen molar-refractivity contribution in [2.75, 3.05) is 17.2 Å². The fraction of sp³-hybridized carbons (Fsp3) is 0.0588. The second-order valence-corrected chi connectivity index (χ2v) is 6.15.